The summed E-state index contributed by atoms with van der Waals surface area (Å²) in [5, 5.41) is 12.0. The number of nitrogens with zero attached hydrogens (tertiary/aromatic N) is 1. The minimum atomic E-state index is -0.885. The molecule has 0 radical (unpaired) electrons. The molecule has 2 N–H and O–H groups in total. The molecule has 0 heterocycles. The van der Waals surface area contributed by atoms with Crippen molar-refractivity contribution in [1.82, 2.24) is 10.2 Å². The lowest BCUT2D eigenvalue weighted by molar-refractivity contribution is -0.140. The van der Waals surface area contributed by atoms with Crippen LogP contribution in [0.3, 0.4) is 0 Å². The highest BCUT2D eigenvalue weighted by molar-refractivity contribution is 5.85. The zero-order valence-corrected chi connectivity index (χ0v) is 14.1. The van der Waals surface area contributed by atoms with Crippen molar-refractivity contribution in [3.05, 3.63) is 0 Å². The normalized spacial score (nSPS) is 23.2. The van der Waals surface area contributed by atoms with Gasteiger partial charge in [0.05, 0.1) is 12.6 Å². The monoisotopic (exact) mass is 320 g/mol. The van der Waals surface area contributed by atoms with E-state index in [1.54, 1.807) is 11.8 Å². The van der Waals surface area contributed by atoms with E-state index >= 15 is 0 Å². The molecule has 0 aliphatic heterocycles. The maximum atomic E-state index is 12.2. The summed E-state index contributed by atoms with van der Waals surface area (Å²) in [7, 11) is 0. The highest BCUT2D eigenvalue weighted by Gasteiger charge is 2.26. The summed E-state index contributed by atoms with van der Waals surface area (Å²) in [5.74, 6) is -0.173. The predicted molar refractivity (Wildman–Crippen MR) is 85.8 cm³/mol. The summed E-state index contributed by atoms with van der Waals surface area (Å²) in [6.45, 7) is 6.57. The SMILES string of the molecule is CCCN(CC(=O)O)C(C)C(=O)NC1CCC(C)CC1.Cl. The van der Waals surface area contributed by atoms with Gasteiger partial charge in [-0.3, -0.25) is 14.5 Å². The molecular formula is C15H29ClN2O3. The van der Waals surface area contributed by atoms with E-state index in [0.717, 1.165) is 38.0 Å². The minimum Gasteiger partial charge on any atom is -0.480 e. The first kappa shape index (κ1) is 20.2. The Labute approximate surface area is 133 Å². The molecule has 1 fully saturated rings. The van der Waals surface area contributed by atoms with Crippen molar-refractivity contribution >= 4 is 24.3 Å². The second-order valence-electron chi connectivity index (χ2n) is 6.01. The number of halogens is 1. The van der Waals surface area contributed by atoms with Crippen molar-refractivity contribution in [3.8, 4) is 0 Å². The molecule has 0 aromatic carbocycles. The number of carboxylic acids is 1. The van der Waals surface area contributed by atoms with Gasteiger partial charge in [-0.25, -0.2) is 0 Å². The fraction of sp³-hybridized carbons (Fsp3) is 0.867. The van der Waals surface area contributed by atoms with Gasteiger partial charge in [0.2, 0.25) is 5.91 Å². The molecule has 1 unspecified atom stereocenters. The summed E-state index contributed by atoms with van der Waals surface area (Å²) in [5.41, 5.74) is 0. The molecule has 1 aliphatic rings. The number of carbonyl (C=O) groups excluding carboxylic acids is 1. The van der Waals surface area contributed by atoms with Crippen LogP contribution in [0.15, 0.2) is 0 Å². The average molecular weight is 321 g/mol. The molecule has 0 spiro atoms. The van der Waals surface area contributed by atoms with Crippen LogP contribution >= 0.6 is 12.4 Å². The van der Waals surface area contributed by atoms with E-state index < -0.39 is 5.97 Å². The standard InChI is InChI=1S/C15H28N2O3.ClH/c1-4-9-17(10-14(18)19)12(3)15(20)16-13-7-5-11(2)6-8-13;/h11-13H,4-10H2,1-3H3,(H,16,20)(H,18,19);1H. The van der Waals surface area contributed by atoms with Crippen LogP contribution in [-0.4, -0.2) is 47.1 Å². The van der Waals surface area contributed by atoms with E-state index in [1.165, 1.54) is 0 Å². The first-order chi connectivity index (χ1) is 9.43. The number of amides is 1. The first-order valence-electron chi connectivity index (χ1n) is 7.70. The highest BCUT2D eigenvalue weighted by atomic mass is 35.5. The van der Waals surface area contributed by atoms with E-state index in [2.05, 4.69) is 12.2 Å². The highest BCUT2D eigenvalue weighted by Crippen LogP contribution is 2.23. The van der Waals surface area contributed by atoms with Crippen LogP contribution in [-0.2, 0) is 9.59 Å². The topological polar surface area (TPSA) is 69.6 Å². The van der Waals surface area contributed by atoms with Crippen LogP contribution in [0.2, 0.25) is 0 Å². The summed E-state index contributed by atoms with van der Waals surface area (Å²) in [4.78, 5) is 24.8. The second-order valence-corrected chi connectivity index (χ2v) is 6.01. The van der Waals surface area contributed by atoms with Crippen molar-refractivity contribution in [2.45, 2.75) is 65.0 Å². The molecule has 0 saturated heterocycles. The van der Waals surface area contributed by atoms with Gasteiger partial charge in [0.1, 0.15) is 0 Å². The number of rotatable bonds is 7. The van der Waals surface area contributed by atoms with Gasteiger partial charge in [0, 0.05) is 6.04 Å². The maximum absolute atomic E-state index is 12.2. The Morgan fingerprint density at radius 2 is 1.86 bits per heavy atom. The molecule has 1 rings (SSSR count). The molecule has 0 aromatic heterocycles. The van der Waals surface area contributed by atoms with E-state index in [0.29, 0.717) is 6.54 Å². The Morgan fingerprint density at radius 3 is 2.33 bits per heavy atom. The second kappa shape index (κ2) is 10.0. The van der Waals surface area contributed by atoms with Crippen LogP contribution in [0.4, 0.5) is 0 Å². The summed E-state index contributed by atoms with van der Waals surface area (Å²) in [6.07, 6.45) is 5.23. The number of aliphatic carboxylic acids is 1. The van der Waals surface area contributed by atoms with Crippen LogP contribution in [0, 0.1) is 5.92 Å². The Balaban J connectivity index is 0.00000400. The quantitative estimate of drug-likeness (QED) is 0.755. The van der Waals surface area contributed by atoms with Gasteiger partial charge in [0.15, 0.2) is 0 Å². The van der Waals surface area contributed by atoms with Gasteiger partial charge in [-0.05, 0) is 51.5 Å². The molecular weight excluding hydrogens is 292 g/mol. The molecule has 1 aliphatic carbocycles. The third-order valence-corrected chi connectivity index (χ3v) is 4.14. The van der Waals surface area contributed by atoms with Crippen LogP contribution < -0.4 is 5.32 Å². The minimum absolute atomic E-state index is 0. The Morgan fingerprint density at radius 1 is 1.29 bits per heavy atom. The van der Waals surface area contributed by atoms with E-state index in [4.69, 9.17) is 5.11 Å². The molecule has 21 heavy (non-hydrogen) atoms. The number of carbonyl (C=O) groups is 2. The van der Waals surface area contributed by atoms with Crippen LogP contribution in [0.1, 0.15) is 52.9 Å². The maximum Gasteiger partial charge on any atom is 0.317 e. The first-order valence-corrected chi connectivity index (χ1v) is 7.70. The summed E-state index contributed by atoms with van der Waals surface area (Å²) >= 11 is 0. The average Bonchev–Trinajstić information content (AvgIpc) is 2.39. The summed E-state index contributed by atoms with van der Waals surface area (Å²) < 4.78 is 0. The number of nitrogens with one attached hydrogen (secondary N) is 1. The van der Waals surface area contributed by atoms with Crippen molar-refractivity contribution in [1.29, 1.82) is 0 Å². The number of hydrogen-bond donors (Lipinski definition) is 2. The van der Waals surface area contributed by atoms with Gasteiger partial charge in [0.25, 0.3) is 0 Å². The Hall–Kier alpha value is -0.810. The zero-order valence-electron chi connectivity index (χ0n) is 13.3. The van der Waals surface area contributed by atoms with Gasteiger partial charge >= 0.3 is 5.97 Å². The van der Waals surface area contributed by atoms with Crippen molar-refractivity contribution < 1.29 is 14.7 Å². The van der Waals surface area contributed by atoms with E-state index in [1.807, 2.05) is 6.92 Å². The molecule has 1 saturated carbocycles. The van der Waals surface area contributed by atoms with Crippen molar-refractivity contribution in [2.75, 3.05) is 13.1 Å². The smallest absolute Gasteiger partial charge is 0.317 e. The summed E-state index contributed by atoms with van der Waals surface area (Å²) in [6, 6.07) is -0.125. The molecule has 0 bridgehead atoms. The molecule has 6 heteroatoms. The van der Waals surface area contributed by atoms with Gasteiger partial charge in [-0.15, -0.1) is 12.4 Å². The molecule has 5 nitrogen and oxygen atoms in total. The third-order valence-electron chi connectivity index (χ3n) is 4.14. The Bertz CT molecular complexity index is 331. The lowest BCUT2D eigenvalue weighted by atomic mass is 9.87. The lowest BCUT2D eigenvalue weighted by Gasteiger charge is -2.31. The van der Waals surface area contributed by atoms with Crippen molar-refractivity contribution in [3.63, 3.8) is 0 Å². The molecule has 0 aromatic rings. The van der Waals surface area contributed by atoms with Crippen molar-refractivity contribution in [2.24, 2.45) is 5.92 Å². The molecule has 124 valence electrons. The predicted octanol–water partition coefficient (Wildman–Crippen LogP) is 2.29. The fourth-order valence-corrected chi connectivity index (χ4v) is 2.76. The number of carboxylic acid groups (broad SMARTS) is 1. The van der Waals surface area contributed by atoms with Gasteiger partial charge in [-0.1, -0.05) is 13.8 Å². The lowest BCUT2D eigenvalue weighted by Crippen LogP contribution is -2.50. The zero-order chi connectivity index (χ0) is 15.1. The van der Waals surface area contributed by atoms with E-state index in [-0.39, 0.29) is 36.9 Å². The van der Waals surface area contributed by atoms with Gasteiger partial charge < -0.3 is 10.4 Å². The molecule has 1 atom stereocenters. The Kier molecular flexibility index (Phi) is 9.62. The fourth-order valence-electron chi connectivity index (χ4n) is 2.76. The third kappa shape index (κ3) is 7.14. The van der Waals surface area contributed by atoms with Crippen LogP contribution in [0.5, 0.6) is 0 Å². The van der Waals surface area contributed by atoms with Gasteiger partial charge in [-0.2, -0.15) is 0 Å². The van der Waals surface area contributed by atoms with E-state index in [9.17, 15) is 9.59 Å². The largest absolute Gasteiger partial charge is 0.480 e. The number of hydrogen-bond acceptors (Lipinski definition) is 3. The molecule has 1 amide bonds. The van der Waals surface area contributed by atoms with Crippen LogP contribution in [0.25, 0.3) is 0 Å².